The maximum absolute atomic E-state index is 4.99. The van der Waals surface area contributed by atoms with E-state index in [9.17, 15) is 0 Å². The van der Waals surface area contributed by atoms with Crippen molar-refractivity contribution in [3.05, 3.63) is 53.9 Å². The third kappa shape index (κ3) is 3.99. The Hall–Kier alpha value is -2.83. The van der Waals surface area contributed by atoms with Crippen LogP contribution in [-0.2, 0) is 7.05 Å². The number of hydrogen-bond donors (Lipinski definition) is 2. The summed E-state index contributed by atoms with van der Waals surface area (Å²) >= 11 is 0. The summed E-state index contributed by atoms with van der Waals surface area (Å²) in [5, 5.41) is 6.20. The Morgan fingerprint density at radius 3 is 2.18 bits per heavy atom. The lowest BCUT2D eigenvalue weighted by molar-refractivity contribution is 0.256. The molecule has 6 heteroatoms. The Labute approximate surface area is 202 Å². The first-order valence-corrected chi connectivity index (χ1v) is 12.8. The van der Waals surface area contributed by atoms with Crippen LogP contribution in [0.15, 0.2) is 42.7 Å². The van der Waals surface area contributed by atoms with Crippen molar-refractivity contribution in [2.75, 3.05) is 45.6 Å². The lowest BCUT2D eigenvalue weighted by Gasteiger charge is -2.28. The van der Waals surface area contributed by atoms with Crippen LogP contribution in [0.5, 0.6) is 0 Å². The Kier molecular flexibility index (Phi) is 5.58. The number of H-pyrrole nitrogens is 1. The van der Waals surface area contributed by atoms with Crippen LogP contribution < -0.4 is 5.32 Å². The second-order valence-electron chi connectivity index (χ2n) is 10.5. The molecule has 0 unspecified atom stereocenters. The van der Waals surface area contributed by atoms with Crippen LogP contribution in [0.2, 0.25) is 0 Å². The minimum Gasteiger partial charge on any atom is -0.361 e. The van der Waals surface area contributed by atoms with Crippen molar-refractivity contribution in [3.63, 3.8) is 0 Å². The van der Waals surface area contributed by atoms with E-state index in [4.69, 9.17) is 4.98 Å². The van der Waals surface area contributed by atoms with Crippen LogP contribution in [0, 0.1) is 0 Å². The number of piperidine rings is 2. The number of aromatic nitrogens is 3. The molecule has 0 saturated carbocycles. The minimum absolute atomic E-state index is 0.634. The fourth-order valence-electron chi connectivity index (χ4n) is 6.03. The number of pyridine rings is 1. The van der Waals surface area contributed by atoms with E-state index in [1.165, 1.54) is 79.3 Å². The summed E-state index contributed by atoms with van der Waals surface area (Å²) in [5.41, 5.74) is 6.26. The van der Waals surface area contributed by atoms with E-state index >= 15 is 0 Å². The van der Waals surface area contributed by atoms with Gasteiger partial charge in [-0.15, -0.1) is 0 Å². The van der Waals surface area contributed by atoms with E-state index in [2.05, 4.69) is 88.5 Å². The number of benzene rings is 1. The number of rotatable bonds is 4. The summed E-state index contributed by atoms with van der Waals surface area (Å²) < 4.78 is 2.19. The van der Waals surface area contributed by atoms with Crippen molar-refractivity contribution >= 4 is 33.4 Å². The van der Waals surface area contributed by atoms with Crippen LogP contribution in [-0.4, -0.2) is 64.6 Å². The molecule has 2 fully saturated rings. The molecule has 0 bridgehead atoms. The molecule has 0 atom stereocenters. The Balaban J connectivity index is 1.23. The quantitative estimate of drug-likeness (QED) is 0.431. The molecule has 34 heavy (non-hydrogen) atoms. The molecule has 0 amide bonds. The summed E-state index contributed by atoms with van der Waals surface area (Å²) in [4.78, 5) is 13.4. The first kappa shape index (κ1) is 21.7. The highest BCUT2D eigenvalue weighted by Crippen LogP contribution is 2.36. The SMILES string of the molecule is CN1CCC(c2c[nH]c3cc(Nc4ccc5c(C6CCN(C)CC6)cn(C)c5n4)ccc23)CC1. The van der Waals surface area contributed by atoms with E-state index in [0.717, 1.165) is 17.2 Å². The zero-order chi connectivity index (χ0) is 23.2. The van der Waals surface area contributed by atoms with Gasteiger partial charge in [-0.25, -0.2) is 4.98 Å². The smallest absolute Gasteiger partial charge is 0.142 e. The van der Waals surface area contributed by atoms with Gasteiger partial charge in [-0.05, 0) is 113 Å². The van der Waals surface area contributed by atoms with Gasteiger partial charge >= 0.3 is 0 Å². The molecular formula is C28H36N6. The second kappa shape index (κ2) is 8.75. The summed E-state index contributed by atoms with van der Waals surface area (Å²) in [6, 6.07) is 11.1. The maximum Gasteiger partial charge on any atom is 0.142 e. The van der Waals surface area contributed by atoms with Crippen LogP contribution in [0.3, 0.4) is 0 Å². The normalized spacial score (nSPS) is 19.4. The van der Waals surface area contributed by atoms with Crippen molar-refractivity contribution in [1.82, 2.24) is 24.3 Å². The molecule has 2 aliphatic rings. The van der Waals surface area contributed by atoms with Gasteiger partial charge in [0, 0.05) is 41.4 Å². The van der Waals surface area contributed by atoms with Crippen LogP contribution in [0.1, 0.15) is 48.6 Å². The van der Waals surface area contributed by atoms with Crippen molar-refractivity contribution in [3.8, 4) is 0 Å². The van der Waals surface area contributed by atoms with Gasteiger partial charge in [0.1, 0.15) is 11.5 Å². The van der Waals surface area contributed by atoms with Crippen molar-refractivity contribution in [2.24, 2.45) is 7.05 Å². The molecule has 2 saturated heterocycles. The van der Waals surface area contributed by atoms with Gasteiger partial charge in [0.05, 0.1) is 0 Å². The standard InChI is InChI=1S/C28H36N6/c1-32-12-8-19(9-13-32)24-17-29-26-16-21(4-5-22(24)26)30-27-7-6-23-25(18-34(3)28(23)31-27)20-10-14-33(2)15-11-20/h4-7,16-20,29H,8-15H2,1-3H3,(H,30,31). The largest absolute Gasteiger partial charge is 0.361 e. The number of nitrogens with zero attached hydrogens (tertiary/aromatic N) is 4. The van der Waals surface area contributed by atoms with E-state index in [0.29, 0.717) is 11.8 Å². The maximum atomic E-state index is 4.99. The summed E-state index contributed by atoms with van der Waals surface area (Å²) in [7, 11) is 6.56. The number of aryl methyl sites for hydroxylation is 1. The molecule has 5 heterocycles. The number of fused-ring (bicyclic) bond motifs is 2. The van der Waals surface area contributed by atoms with Crippen LogP contribution >= 0.6 is 0 Å². The molecule has 6 nitrogen and oxygen atoms in total. The van der Waals surface area contributed by atoms with E-state index in [-0.39, 0.29) is 0 Å². The fraction of sp³-hybridized carbons (Fsp3) is 0.464. The lowest BCUT2D eigenvalue weighted by atomic mass is 9.89. The molecule has 0 spiro atoms. The summed E-state index contributed by atoms with van der Waals surface area (Å²) in [5.74, 6) is 2.18. The van der Waals surface area contributed by atoms with Crippen LogP contribution in [0.4, 0.5) is 11.5 Å². The van der Waals surface area contributed by atoms with Crippen molar-refractivity contribution < 1.29 is 0 Å². The number of aromatic amines is 1. The Morgan fingerprint density at radius 1 is 0.824 bits per heavy atom. The Bertz CT molecular complexity index is 1300. The van der Waals surface area contributed by atoms with Gasteiger partial charge in [0.25, 0.3) is 0 Å². The molecule has 0 aliphatic carbocycles. The van der Waals surface area contributed by atoms with E-state index in [1.807, 2.05) is 0 Å². The molecule has 6 rings (SSSR count). The number of anilines is 2. The van der Waals surface area contributed by atoms with Gasteiger partial charge < -0.3 is 24.7 Å². The molecule has 4 aromatic rings. The zero-order valence-corrected chi connectivity index (χ0v) is 20.6. The first-order chi connectivity index (χ1) is 16.5. The minimum atomic E-state index is 0.634. The average Bonchev–Trinajstić information content (AvgIpc) is 3.41. The third-order valence-electron chi connectivity index (χ3n) is 8.16. The molecule has 2 N–H and O–H groups in total. The van der Waals surface area contributed by atoms with Gasteiger partial charge in [-0.2, -0.15) is 0 Å². The third-order valence-corrected chi connectivity index (χ3v) is 8.16. The summed E-state index contributed by atoms with van der Waals surface area (Å²) in [6.45, 7) is 4.72. The highest BCUT2D eigenvalue weighted by Gasteiger charge is 2.23. The highest BCUT2D eigenvalue weighted by atomic mass is 15.1. The zero-order valence-electron chi connectivity index (χ0n) is 20.6. The molecule has 178 valence electrons. The summed E-state index contributed by atoms with van der Waals surface area (Å²) in [6.07, 6.45) is 9.46. The fourth-order valence-corrected chi connectivity index (χ4v) is 6.03. The van der Waals surface area contributed by atoms with Crippen molar-refractivity contribution in [1.29, 1.82) is 0 Å². The highest BCUT2D eigenvalue weighted by molar-refractivity contribution is 5.88. The van der Waals surface area contributed by atoms with Crippen molar-refractivity contribution in [2.45, 2.75) is 37.5 Å². The molecule has 1 aromatic carbocycles. The van der Waals surface area contributed by atoms with Gasteiger partial charge in [-0.1, -0.05) is 6.07 Å². The molecular weight excluding hydrogens is 420 g/mol. The van der Waals surface area contributed by atoms with E-state index in [1.54, 1.807) is 0 Å². The predicted molar refractivity (Wildman–Crippen MR) is 141 cm³/mol. The second-order valence-corrected chi connectivity index (χ2v) is 10.5. The van der Waals surface area contributed by atoms with Gasteiger partial charge in [0.2, 0.25) is 0 Å². The first-order valence-electron chi connectivity index (χ1n) is 12.8. The average molecular weight is 457 g/mol. The van der Waals surface area contributed by atoms with E-state index < -0.39 is 0 Å². The number of likely N-dealkylation sites (tertiary alicyclic amines) is 2. The number of hydrogen-bond acceptors (Lipinski definition) is 4. The molecule has 2 aliphatic heterocycles. The number of nitrogens with one attached hydrogen (secondary N) is 2. The monoisotopic (exact) mass is 456 g/mol. The Morgan fingerprint density at radius 2 is 1.47 bits per heavy atom. The topological polar surface area (TPSA) is 52.1 Å². The van der Waals surface area contributed by atoms with Crippen LogP contribution in [0.25, 0.3) is 21.9 Å². The molecule has 3 aromatic heterocycles. The van der Waals surface area contributed by atoms with Gasteiger partial charge in [-0.3, -0.25) is 0 Å². The molecule has 0 radical (unpaired) electrons. The van der Waals surface area contributed by atoms with Gasteiger partial charge in [0.15, 0.2) is 0 Å². The lowest BCUT2D eigenvalue weighted by Crippen LogP contribution is -2.29. The predicted octanol–water partition coefficient (Wildman–Crippen LogP) is 5.42.